The van der Waals surface area contributed by atoms with Crippen molar-refractivity contribution >= 4 is 23.9 Å². The van der Waals surface area contributed by atoms with E-state index in [0.29, 0.717) is 12.8 Å². The molecule has 4 atom stereocenters. The normalized spacial score (nSPS) is 26.8. The van der Waals surface area contributed by atoms with Gasteiger partial charge in [0.2, 0.25) is 0 Å². The highest BCUT2D eigenvalue weighted by Crippen LogP contribution is 2.32. The summed E-state index contributed by atoms with van der Waals surface area (Å²) in [4.78, 5) is 45.0. The highest BCUT2D eigenvalue weighted by atomic mass is 16.6. The molecule has 1 fully saturated rings. The molecule has 0 amide bonds. The third kappa shape index (κ3) is 6.25. The minimum atomic E-state index is -0.936. The van der Waals surface area contributed by atoms with E-state index in [0.717, 1.165) is 0 Å². The highest BCUT2D eigenvalue weighted by Gasteiger charge is 2.46. The Morgan fingerprint density at radius 3 is 1.74 bits per heavy atom. The van der Waals surface area contributed by atoms with Crippen molar-refractivity contribution < 1.29 is 38.1 Å². The molecular weight excluding hydrogens is 308 g/mol. The lowest BCUT2D eigenvalue weighted by molar-refractivity contribution is -0.199. The van der Waals surface area contributed by atoms with Gasteiger partial charge in [-0.1, -0.05) is 0 Å². The Morgan fingerprint density at radius 2 is 1.26 bits per heavy atom. The van der Waals surface area contributed by atoms with Gasteiger partial charge in [-0.25, -0.2) is 0 Å². The van der Waals surface area contributed by atoms with Gasteiger partial charge in [0, 0.05) is 33.6 Å². The molecule has 0 aromatic heterocycles. The Bertz CT molecular complexity index is 472. The Morgan fingerprint density at radius 1 is 0.739 bits per heavy atom. The van der Waals surface area contributed by atoms with Gasteiger partial charge >= 0.3 is 23.9 Å². The molecule has 8 heteroatoms. The van der Waals surface area contributed by atoms with Gasteiger partial charge in [0.05, 0.1) is 6.61 Å². The van der Waals surface area contributed by atoms with Crippen LogP contribution in [0.4, 0.5) is 0 Å². The fourth-order valence-corrected chi connectivity index (χ4v) is 2.62. The van der Waals surface area contributed by atoms with Gasteiger partial charge in [0.1, 0.15) is 12.2 Å². The van der Waals surface area contributed by atoms with Crippen molar-refractivity contribution in [3.05, 3.63) is 0 Å². The van der Waals surface area contributed by atoms with Gasteiger partial charge in [-0.15, -0.1) is 0 Å². The van der Waals surface area contributed by atoms with Crippen LogP contribution in [0.3, 0.4) is 0 Å². The molecule has 0 N–H and O–H groups in total. The van der Waals surface area contributed by atoms with Crippen molar-refractivity contribution in [2.24, 2.45) is 5.92 Å². The summed E-state index contributed by atoms with van der Waals surface area (Å²) in [6.07, 6.45) is -1.61. The van der Waals surface area contributed by atoms with E-state index in [2.05, 4.69) is 0 Å². The second-order valence-electron chi connectivity index (χ2n) is 5.44. The van der Waals surface area contributed by atoms with Crippen molar-refractivity contribution in [3.63, 3.8) is 0 Å². The van der Waals surface area contributed by atoms with Crippen LogP contribution < -0.4 is 0 Å². The Labute approximate surface area is 134 Å². The zero-order chi connectivity index (χ0) is 17.6. The number of carbonyl (C=O) groups excluding carboxylic acids is 4. The van der Waals surface area contributed by atoms with Crippen molar-refractivity contribution in [3.8, 4) is 0 Å². The summed E-state index contributed by atoms with van der Waals surface area (Å²) >= 11 is 0. The van der Waals surface area contributed by atoms with Crippen LogP contribution in [0.2, 0.25) is 0 Å². The summed E-state index contributed by atoms with van der Waals surface area (Å²) in [5.74, 6) is -2.48. The van der Waals surface area contributed by atoms with E-state index in [-0.39, 0.29) is 12.5 Å². The quantitative estimate of drug-likeness (QED) is 0.537. The Hall–Kier alpha value is -2.12. The lowest BCUT2D eigenvalue weighted by Crippen LogP contribution is -2.53. The van der Waals surface area contributed by atoms with Gasteiger partial charge in [0.25, 0.3) is 0 Å². The summed E-state index contributed by atoms with van der Waals surface area (Å²) in [5.41, 5.74) is 0. The molecule has 1 saturated carbocycles. The van der Waals surface area contributed by atoms with Gasteiger partial charge in [0.15, 0.2) is 6.10 Å². The molecule has 0 aliphatic heterocycles. The number of rotatable bonds is 5. The van der Waals surface area contributed by atoms with E-state index >= 15 is 0 Å². The molecule has 1 rings (SSSR count). The fraction of sp³-hybridized carbons (Fsp3) is 0.733. The predicted molar refractivity (Wildman–Crippen MR) is 76.0 cm³/mol. The molecule has 0 saturated heterocycles. The van der Waals surface area contributed by atoms with E-state index in [1.165, 1.54) is 27.7 Å². The van der Waals surface area contributed by atoms with E-state index < -0.39 is 42.2 Å². The minimum absolute atomic E-state index is 0.0256. The van der Waals surface area contributed by atoms with Crippen LogP contribution in [0.5, 0.6) is 0 Å². The van der Waals surface area contributed by atoms with E-state index in [4.69, 9.17) is 18.9 Å². The van der Waals surface area contributed by atoms with Crippen molar-refractivity contribution in [1.29, 1.82) is 0 Å². The number of carbonyl (C=O) groups is 4. The largest absolute Gasteiger partial charge is 0.465 e. The second-order valence-corrected chi connectivity index (χ2v) is 5.44. The van der Waals surface area contributed by atoms with Crippen LogP contribution in [-0.2, 0) is 38.1 Å². The maximum Gasteiger partial charge on any atom is 0.303 e. The molecule has 0 aromatic carbocycles. The second kappa shape index (κ2) is 8.50. The van der Waals surface area contributed by atoms with Gasteiger partial charge in [-0.05, 0) is 12.8 Å². The summed E-state index contributed by atoms with van der Waals surface area (Å²) in [7, 11) is 0. The third-order valence-electron chi connectivity index (χ3n) is 3.40. The highest BCUT2D eigenvalue weighted by molar-refractivity contribution is 5.68. The number of hydrogen-bond donors (Lipinski definition) is 0. The summed E-state index contributed by atoms with van der Waals surface area (Å²) in [5, 5.41) is 0. The first-order valence-corrected chi connectivity index (χ1v) is 7.35. The third-order valence-corrected chi connectivity index (χ3v) is 3.40. The maximum absolute atomic E-state index is 11.4. The molecule has 0 bridgehead atoms. The lowest BCUT2D eigenvalue weighted by atomic mass is 9.82. The molecule has 0 radical (unpaired) electrons. The number of esters is 4. The van der Waals surface area contributed by atoms with Crippen molar-refractivity contribution in [1.82, 2.24) is 0 Å². The average Bonchev–Trinajstić information content (AvgIpc) is 2.39. The molecule has 23 heavy (non-hydrogen) atoms. The summed E-state index contributed by atoms with van der Waals surface area (Å²) in [6.45, 7) is 4.98. The molecule has 0 unspecified atom stereocenters. The zero-order valence-electron chi connectivity index (χ0n) is 13.7. The first-order chi connectivity index (χ1) is 10.7. The Kier molecular flexibility index (Phi) is 6.99. The first kappa shape index (κ1) is 18.9. The van der Waals surface area contributed by atoms with Gasteiger partial charge in [-0.3, -0.25) is 19.2 Å². The first-order valence-electron chi connectivity index (χ1n) is 7.35. The molecular formula is C15H22O8. The molecule has 130 valence electrons. The monoisotopic (exact) mass is 330 g/mol. The standard InChI is InChI=1S/C15H22O8/c1-8(16)20-7-12-5-6-13(21-9(2)17)15(23-11(4)19)14(12)22-10(3)18/h12-15H,5-7H2,1-4H3/t12-,13+,14-,15-/m1/s1. The van der Waals surface area contributed by atoms with Crippen LogP contribution in [0.15, 0.2) is 0 Å². The molecule has 0 spiro atoms. The van der Waals surface area contributed by atoms with E-state index in [1.54, 1.807) is 0 Å². The average molecular weight is 330 g/mol. The van der Waals surface area contributed by atoms with E-state index in [1.807, 2.05) is 0 Å². The smallest absolute Gasteiger partial charge is 0.303 e. The van der Waals surface area contributed by atoms with Gasteiger partial charge in [-0.2, -0.15) is 0 Å². The summed E-state index contributed by atoms with van der Waals surface area (Å²) < 4.78 is 20.6. The zero-order valence-corrected chi connectivity index (χ0v) is 13.7. The molecule has 1 aliphatic carbocycles. The van der Waals surface area contributed by atoms with Crippen molar-refractivity contribution in [2.75, 3.05) is 6.61 Å². The van der Waals surface area contributed by atoms with Crippen LogP contribution in [-0.4, -0.2) is 48.8 Å². The molecule has 8 nitrogen and oxygen atoms in total. The van der Waals surface area contributed by atoms with Crippen LogP contribution in [0.25, 0.3) is 0 Å². The maximum atomic E-state index is 11.4. The van der Waals surface area contributed by atoms with Crippen molar-refractivity contribution in [2.45, 2.75) is 58.8 Å². The fourth-order valence-electron chi connectivity index (χ4n) is 2.62. The van der Waals surface area contributed by atoms with Crippen LogP contribution in [0, 0.1) is 5.92 Å². The Balaban J connectivity index is 2.98. The number of hydrogen-bond acceptors (Lipinski definition) is 8. The van der Waals surface area contributed by atoms with E-state index in [9.17, 15) is 19.2 Å². The topological polar surface area (TPSA) is 105 Å². The van der Waals surface area contributed by atoms with Crippen LogP contribution in [0.1, 0.15) is 40.5 Å². The SMILES string of the molecule is CC(=O)OC[C@H]1CC[C@H](OC(C)=O)[C@@H](OC(C)=O)[C@@H]1OC(C)=O. The number of ether oxygens (including phenoxy) is 4. The van der Waals surface area contributed by atoms with Gasteiger partial charge < -0.3 is 18.9 Å². The molecule has 1 aliphatic rings. The lowest BCUT2D eigenvalue weighted by Gasteiger charge is -2.40. The summed E-state index contributed by atoms with van der Waals surface area (Å²) in [6, 6.07) is 0. The molecule has 0 aromatic rings. The van der Waals surface area contributed by atoms with Crippen LogP contribution >= 0.6 is 0 Å². The molecule has 0 heterocycles. The predicted octanol–water partition coefficient (Wildman–Crippen LogP) is 0.755. The minimum Gasteiger partial charge on any atom is -0.465 e.